The van der Waals surface area contributed by atoms with Crippen LogP contribution in [0.15, 0.2) is 0 Å². The zero-order chi connectivity index (χ0) is 89.8. The largest absolute Gasteiger partial charge is 0.394 e. The second-order valence-corrected chi connectivity index (χ2v) is 31.0. The highest BCUT2D eigenvalue weighted by Gasteiger charge is 2.62. The first kappa shape index (κ1) is 100. The highest BCUT2D eigenvalue weighted by Crippen LogP contribution is 2.41. The Morgan fingerprint density at radius 2 is 0.500 bits per heavy atom. The van der Waals surface area contributed by atoms with E-state index in [1.165, 1.54) is 6.92 Å². The molecule has 54 heteroatoms. The molecule has 10 fully saturated rings. The summed E-state index contributed by atoms with van der Waals surface area (Å²) in [4.78, 5) is 51.1. The summed E-state index contributed by atoms with van der Waals surface area (Å²) < 4.78 is 113. The van der Waals surface area contributed by atoms with Gasteiger partial charge in [0.1, 0.15) is 238 Å². The molecule has 0 aliphatic carbocycles. The fourth-order valence-corrected chi connectivity index (χ4v) is 15.8. The van der Waals surface area contributed by atoms with Crippen molar-refractivity contribution in [2.45, 2.75) is 341 Å². The molecule has 0 saturated carbocycles. The van der Waals surface area contributed by atoms with Gasteiger partial charge in [-0.2, -0.15) is 0 Å². The van der Waals surface area contributed by atoms with Crippen LogP contribution in [0.3, 0.4) is 0 Å². The van der Waals surface area contributed by atoms with E-state index in [1.807, 2.05) is 0 Å². The maximum absolute atomic E-state index is 13.2. The molecule has 0 aromatic heterocycles. The van der Waals surface area contributed by atoms with Crippen LogP contribution in [0.25, 0.3) is 0 Å². The number of aliphatic hydroxyl groups is 27. The van der Waals surface area contributed by atoms with Gasteiger partial charge in [-0.1, -0.05) is 0 Å². The first-order chi connectivity index (χ1) is 57.7. The summed E-state index contributed by atoms with van der Waals surface area (Å²) in [6.45, 7) is -4.77. The zero-order valence-corrected chi connectivity index (χ0v) is 65.7. The second kappa shape index (κ2) is 43.6. The molecule has 10 aliphatic heterocycles. The van der Waals surface area contributed by atoms with Gasteiger partial charge in [-0.05, 0) is 6.92 Å². The van der Waals surface area contributed by atoms with Crippen LogP contribution in [0.5, 0.6) is 0 Å². The molecular weight excluding hydrogens is 1670 g/mol. The van der Waals surface area contributed by atoms with Crippen molar-refractivity contribution in [3.8, 4) is 0 Å². The number of carbonyl (C=O) groups excluding carboxylic acids is 4. The number of rotatable bonds is 31. The van der Waals surface area contributed by atoms with Crippen LogP contribution in [0.4, 0.5) is 0 Å². The monoisotopic (exact) mass is 1790 g/mol. The summed E-state index contributed by atoms with van der Waals surface area (Å²) in [5, 5.41) is 311. The van der Waals surface area contributed by atoms with E-state index in [0.29, 0.717) is 0 Å². The summed E-state index contributed by atoms with van der Waals surface area (Å²) in [6.07, 6.45) is -95.7. The summed E-state index contributed by atoms with van der Waals surface area (Å²) in [7, 11) is 0. The normalized spacial score (nSPS) is 49.7. The van der Waals surface area contributed by atoms with Gasteiger partial charge in [0.05, 0.1) is 65.6 Å². The minimum atomic E-state index is -2.62. The predicted molar refractivity (Wildman–Crippen MR) is 375 cm³/mol. The van der Waals surface area contributed by atoms with E-state index in [9.17, 15) is 157 Å². The molecule has 0 aromatic rings. The molecule has 54 nitrogen and oxygen atoms in total. The number of carbonyl (C=O) groups is 4. The SMILES string of the molecule is CC(=O)N[C@@H]1[C@@H](O)[C@H](O[C@@H]2O[C@H](CO)[C@@H](O[C@@H]3O[C@H](CO[C@H]4O[C@H](CO)[C@@H](O)[C@H](O[C@H]5O[C@H](CO)[C@@H](O)[C@H](O)[C@@H]5O[C@H]5O[C@H](CO)[C@@H](O)[C@H](O)[C@@H]5O)[C@@H]4O)[C@@H](O)[C@H](O[C@H]4O[C@H](CO)[C@@H](O)[C@H](O)[C@@H]4O[C@@H]4O[C@H](CO)[C@@H](O[C@@H]5O[C@H](CO)[C@H](O)[C@H](O)[C@H]5NC(C)=O)[C@H](O)[C@H]4NC(C)=O)[C@@H]3O)[C@H](O)[C@H]2NC(C)=O)[C@@H](CO[C@@H]2O[C@@H](C)[C@@H](O)[C@@H](O)[C@@H]2O)O[C@H]1O. The number of amides is 4. The van der Waals surface area contributed by atoms with E-state index in [-0.39, 0.29) is 0 Å². The fraction of sp³-hybridized carbons (Fsp3) is 0.941. The molecule has 0 aromatic carbocycles. The van der Waals surface area contributed by atoms with Crippen LogP contribution >= 0.6 is 0 Å². The zero-order valence-electron chi connectivity index (χ0n) is 65.7. The quantitative estimate of drug-likeness (QED) is 0.0306. The van der Waals surface area contributed by atoms with Crippen molar-refractivity contribution in [2.24, 2.45) is 0 Å². The van der Waals surface area contributed by atoms with Crippen molar-refractivity contribution in [3.63, 3.8) is 0 Å². The fourth-order valence-electron chi connectivity index (χ4n) is 15.8. The van der Waals surface area contributed by atoms with E-state index in [1.54, 1.807) is 0 Å². The third-order valence-electron chi connectivity index (χ3n) is 22.4. The van der Waals surface area contributed by atoms with Crippen molar-refractivity contribution in [2.75, 3.05) is 59.5 Å². The lowest BCUT2D eigenvalue weighted by molar-refractivity contribution is -0.399. The van der Waals surface area contributed by atoms with Gasteiger partial charge in [0.15, 0.2) is 62.9 Å². The first-order valence-corrected chi connectivity index (χ1v) is 39.0. The Bertz CT molecular complexity index is 3290. The molecule has 10 aliphatic rings. The molecule has 4 amide bonds. The molecule has 10 saturated heterocycles. The molecule has 122 heavy (non-hydrogen) atoms. The summed E-state index contributed by atoms with van der Waals surface area (Å²) >= 11 is 0. The van der Waals surface area contributed by atoms with Crippen molar-refractivity contribution >= 4 is 23.6 Å². The maximum atomic E-state index is 13.2. The second-order valence-electron chi connectivity index (χ2n) is 31.0. The van der Waals surface area contributed by atoms with Gasteiger partial charge in [-0.3, -0.25) is 19.2 Å². The Morgan fingerprint density at radius 3 is 0.943 bits per heavy atom. The Kier molecular flexibility index (Phi) is 35.8. The van der Waals surface area contributed by atoms with Crippen LogP contribution in [0.2, 0.25) is 0 Å². The average molecular weight is 1790 g/mol. The molecule has 0 unspecified atom stereocenters. The molecular formula is C68H114N4O50. The number of hydrogen-bond donors (Lipinski definition) is 31. The molecule has 10 heterocycles. The summed E-state index contributed by atoms with van der Waals surface area (Å²) in [6, 6.07) is -7.44. The Morgan fingerprint density at radius 1 is 0.230 bits per heavy atom. The minimum Gasteiger partial charge on any atom is -0.394 e. The van der Waals surface area contributed by atoms with Gasteiger partial charge in [0, 0.05) is 27.7 Å². The van der Waals surface area contributed by atoms with Crippen LogP contribution < -0.4 is 21.3 Å². The summed E-state index contributed by atoms with van der Waals surface area (Å²) in [5.41, 5.74) is 0. The number of ether oxygens (including phenoxy) is 19. The number of nitrogens with one attached hydrogen (secondary N) is 4. The van der Waals surface area contributed by atoms with Gasteiger partial charge in [0.25, 0.3) is 0 Å². The van der Waals surface area contributed by atoms with Gasteiger partial charge in [-0.15, -0.1) is 0 Å². The van der Waals surface area contributed by atoms with Crippen molar-refractivity contribution in [1.29, 1.82) is 0 Å². The molecule has 31 N–H and O–H groups in total. The lowest BCUT2D eigenvalue weighted by Gasteiger charge is -2.51. The van der Waals surface area contributed by atoms with Crippen molar-refractivity contribution in [3.05, 3.63) is 0 Å². The lowest BCUT2D eigenvalue weighted by atomic mass is 9.93. The Labute approximate surface area is 691 Å². The van der Waals surface area contributed by atoms with E-state index in [2.05, 4.69) is 21.3 Å². The van der Waals surface area contributed by atoms with E-state index >= 15 is 0 Å². The van der Waals surface area contributed by atoms with Crippen LogP contribution in [-0.4, -0.2) is 528 Å². The smallest absolute Gasteiger partial charge is 0.217 e. The highest BCUT2D eigenvalue weighted by atomic mass is 16.8. The van der Waals surface area contributed by atoms with Gasteiger partial charge in [0.2, 0.25) is 23.6 Å². The number of aliphatic hydroxyl groups excluding tert-OH is 27. The van der Waals surface area contributed by atoms with E-state index in [0.717, 1.165) is 27.7 Å². The van der Waals surface area contributed by atoms with Gasteiger partial charge < -0.3 is 249 Å². The Hall–Kier alpha value is -3.96. The van der Waals surface area contributed by atoms with Gasteiger partial charge >= 0.3 is 0 Å². The standard InChI is InChI=1S/C68H114N4O50/c1-15-33(84)44(95)48(99)63(106-15)105-14-28-54(41(92)29(59(103)107-28)69-16(2)80)117-61-31(71-18(4)82)43(94)53(26(12-79)113-61)118-66-51(102)56(39(90)27(115-66)13-104-64-50(101)55(38(89)24(10-77)109-64)119-68-58(47(98)37(88)23(9-76)112-68)122-65-49(100)45(96)35(86)21(7-74)110-65)120-67-57(46(97)36(87)22(8-75)111-67)121-62-32(72-19(5)83)42(93)52(25(11-78)114-62)116-60-30(70-17(3)81)40(91)34(85)20(6-73)108-60/h15,20-68,73-79,84-103H,6-14H2,1-5H3,(H,69,80)(H,70,81)(H,71,82)(H,72,83)/t15-,20+,21+,22+,23+,24+,25+,26+,27+,28+,29+,30+,31+,32+,33+,34-,35+,36+,37+,38+,39+,40+,41+,42+,43+,44+,45-,46-,47-,48-,49-,50-,51-,52+,53+,54+,55-,56-,57-,58-,59+,60-,61-,62-,63+,64-,65+,66-,67+,68+/m0/s1. The number of hydrogen-bond acceptors (Lipinski definition) is 50. The van der Waals surface area contributed by atoms with Gasteiger partial charge in [-0.25, -0.2) is 0 Å². The molecule has 10 rings (SSSR count). The highest BCUT2D eigenvalue weighted by molar-refractivity contribution is 5.74. The van der Waals surface area contributed by atoms with E-state index in [4.69, 9.17) is 90.0 Å². The molecule has 706 valence electrons. The van der Waals surface area contributed by atoms with E-state index < -0.39 is 390 Å². The molecule has 50 atom stereocenters. The maximum Gasteiger partial charge on any atom is 0.217 e. The average Bonchev–Trinajstić information content (AvgIpc) is 0.766. The molecule has 0 bridgehead atoms. The van der Waals surface area contributed by atoms with Crippen molar-refractivity contribution in [1.82, 2.24) is 21.3 Å². The van der Waals surface area contributed by atoms with Crippen LogP contribution in [-0.2, 0) is 109 Å². The van der Waals surface area contributed by atoms with Crippen molar-refractivity contribution < 1.29 is 247 Å². The minimum absolute atomic E-state index is 0.819. The molecule has 0 radical (unpaired) electrons. The predicted octanol–water partition coefficient (Wildman–Crippen LogP) is -21.2. The van der Waals surface area contributed by atoms with Crippen LogP contribution in [0.1, 0.15) is 34.6 Å². The summed E-state index contributed by atoms with van der Waals surface area (Å²) in [5.74, 6) is -3.63. The Balaban J connectivity index is 0.975. The third-order valence-corrected chi connectivity index (χ3v) is 22.4. The first-order valence-electron chi connectivity index (χ1n) is 39.0. The molecule has 0 spiro atoms. The van der Waals surface area contributed by atoms with Crippen LogP contribution in [0, 0.1) is 0 Å². The third kappa shape index (κ3) is 22.0. The topological polar surface area (TPSA) is 838 Å². The lowest BCUT2D eigenvalue weighted by Crippen LogP contribution is -2.71.